The third-order valence-corrected chi connectivity index (χ3v) is 5.58. The Bertz CT molecular complexity index is 1050. The molecule has 1 aromatic heterocycles. The molecule has 1 saturated carbocycles. The molecular formula is C22H22N2O3. The van der Waals surface area contributed by atoms with E-state index in [9.17, 15) is 14.7 Å². The summed E-state index contributed by atoms with van der Waals surface area (Å²) in [6, 6.07) is 7.73. The Morgan fingerprint density at radius 3 is 2.85 bits per heavy atom. The lowest BCUT2D eigenvalue weighted by molar-refractivity contribution is -0.141. The number of rotatable bonds is 5. The van der Waals surface area contributed by atoms with Crippen molar-refractivity contribution in [1.29, 1.82) is 0 Å². The molecule has 1 fully saturated rings. The SMILES string of the molecule is CCCc1c(/C=C/c2ccccc2C)nc2n(c1=O)C1CC1(C(=O)O)C=C2. The van der Waals surface area contributed by atoms with Crippen LogP contribution in [-0.2, 0) is 11.2 Å². The van der Waals surface area contributed by atoms with E-state index in [4.69, 9.17) is 4.98 Å². The Morgan fingerprint density at radius 1 is 1.37 bits per heavy atom. The van der Waals surface area contributed by atoms with E-state index in [0.29, 0.717) is 29.9 Å². The Morgan fingerprint density at radius 2 is 2.15 bits per heavy atom. The molecule has 1 aliphatic heterocycles. The molecule has 5 heteroatoms. The van der Waals surface area contributed by atoms with Crippen molar-refractivity contribution >= 4 is 24.2 Å². The summed E-state index contributed by atoms with van der Waals surface area (Å²) in [5.74, 6) is -0.328. The van der Waals surface area contributed by atoms with Gasteiger partial charge >= 0.3 is 5.97 Å². The number of hydrogen-bond donors (Lipinski definition) is 1. The topological polar surface area (TPSA) is 72.2 Å². The summed E-state index contributed by atoms with van der Waals surface area (Å²) in [6.07, 6.45) is 9.16. The first-order valence-electron chi connectivity index (χ1n) is 9.29. The van der Waals surface area contributed by atoms with E-state index in [-0.39, 0.29) is 11.6 Å². The molecule has 2 unspecified atom stereocenters. The molecule has 1 N–H and O–H groups in total. The molecule has 1 aromatic carbocycles. The van der Waals surface area contributed by atoms with Crippen LogP contribution in [0, 0.1) is 12.3 Å². The minimum absolute atomic E-state index is 0.108. The number of hydrogen-bond acceptors (Lipinski definition) is 3. The van der Waals surface area contributed by atoms with Gasteiger partial charge < -0.3 is 5.11 Å². The van der Waals surface area contributed by atoms with Gasteiger partial charge in [0.25, 0.3) is 5.56 Å². The maximum atomic E-state index is 13.2. The first-order chi connectivity index (χ1) is 13.0. The number of fused-ring (bicyclic) bond motifs is 3. The number of nitrogens with zero attached hydrogens (tertiary/aromatic N) is 2. The molecule has 4 rings (SSSR count). The predicted octanol–water partition coefficient (Wildman–Crippen LogP) is 3.72. The van der Waals surface area contributed by atoms with Crippen LogP contribution in [0.25, 0.3) is 18.2 Å². The molecule has 2 aliphatic rings. The quantitative estimate of drug-likeness (QED) is 0.880. The molecule has 0 bridgehead atoms. The average Bonchev–Trinajstić information content (AvgIpc) is 3.40. The smallest absolute Gasteiger partial charge is 0.315 e. The first kappa shape index (κ1) is 17.5. The summed E-state index contributed by atoms with van der Waals surface area (Å²) in [5.41, 5.74) is 2.54. The van der Waals surface area contributed by atoms with Crippen LogP contribution in [0.15, 0.2) is 35.1 Å². The number of benzene rings is 1. The average molecular weight is 362 g/mol. The van der Waals surface area contributed by atoms with Crippen LogP contribution in [0.4, 0.5) is 0 Å². The molecular weight excluding hydrogens is 340 g/mol. The summed E-state index contributed by atoms with van der Waals surface area (Å²) < 4.78 is 1.59. The lowest BCUT2D eigenvalue weighted by Crippen LogP contribution is -2.32. The highest BCUT2D eigenvalue weighted by atomic mass is 16.4. The summed E-state index contributed by atoms with van der Waals surface area (Å²) in [6.45, 7) is 4.07. The standard InChI is InChI=1S/C22H22N2O3/c1-3-6-16-17(10-9-15-8-5-4-7-14(15)2)23-19-11-12-22(21(26)27)13-18(22)24(19)20(16)25/h4-5,7-12,18H,3,6,13H2,1-2H3,(H,26,27)/b10-9+. The van der Waals surface area contributed by atoms with Crippen LogP contribution in [0.2, 0.25) is 0 Å². The van der Waals surface area contributed by atoms with Crippen LogP contribution in [-0.4, -0.2) is 20.6 Å². The van der Waals surface area contributed by atoms with Gasteiger partial charge in [0.15, 0.2) is 0 Å². The van der Waals surface area contributed by atoms with Crippen molar-refractivity contribution in [3.05, 3.63) is 68.9 Å². The third-order valence-electron chi connectivity index (χ3n) is 5.58. The Kier molecular flexibility index (Phi) is 4.10. The van der Waals surface area contributed by atoms with Crippen LogP contribution >= 0.6 is 0 Å². The summed E-state index contributed by atoms with van der Waals surface area (Å²) in [5, 5.41) is 9.52. The number of carboxylic acids is 1. The van der Waals surface area contributed by atoms with Crippen molar-refractivity contribution in [2.75, 3.05) is 0 Å². The van der Waals surface area contributed by atoms with E-state index in [2.05, 4.69) is 0 Å². The fourth-order valence-corrected chi connectivity index (χ4v) is 3.87. The van der Waals surface area contributed by atoms with Gasteiger partial charge in [-0.1, -0.05) is 49.8 Å². The van der Waals surface area contributed by atoms with Gasteiger partial charge in [0.1, 0.15) is 11.2 Å². The Balaban J connectivity index is 1.81. The molecule has 5 nitrogen and oxygen atoms in total. The minimum Gasteiger partial charge on any atom is -0.481 e. The lowest BCUT2D eigenvalue weighted by Gasteiger charge is -2.19. The second-order valence-electron chi connectivity index (χ2n) is 7.35. The maximum absolute atomic E-state index is 13.2. The summed E-state index contributed by atoms with van der Waals surface area (Å²) >= 11 is 0. The monoisotopic (exact) mass is 362 g/mol. The van der Waals surface area contributed by atoms with E-state index < -0.39 is 11.4 Å². The molecule has 27 heavy (non-hydrogen) atoms. The second-order valence-corrected chi connectivity index (χ2v) is 7.35. The van der Waals surface area contributed by atoms with Crippen LogP contribution in [0.5, 0.6) is 0 Å². The van der Waals surface area contributed by atoms with E-state index in [1.807, 2.05) is 50.3 Å². The lowest BCUT2D eigenvalue weighted by atomic mass is 10.0. The van der Waals surface area contributed by atoms with Crippen LogP contribution in [0.3, 0.4) is 0 Å². The van der Waals surface area contributed by atoms with Crippen molar-refractivity contribution in [2.45, 2.75) is 39.2 Å². The van der Waals surface area contributed by atoms with E-state index in [1.54, 1.807) is 16.7 Å². The highest BCUT2D eigenvalue weighted by Crippen LogP contribution is 2.59. The number of aromatic nitrogens is 2. The number of carboxylic acid groups (broad SMARTS) is 1. The van der Waals surface area contributed by atoms with Crippen molar-refractivity contribution in [2.24, 2.45) is 5.41 Å². The van der Waals surface area contributed by atoms with Gasteiger partial charge in [0.05, 0.1) is 11.7 Å². The van der Waals surface area contributed by atoms with Gasteiger partial charge in [-0.3, -0.25) is 14.2 Å². The molecule has 1 aliphatic carbocycles. The molecule has 0 radical (unpaired) electrons. The summed E-state index contributed by atoms with van der Waals surface area (Å²) in [4.78, 5) is 29.5. The highest BCUT2D eigenvalue weighted by molar-refractivity contribution is 5.84. The zero-order chi connectivity index (χ0) is 19.2. The maximum Gasteiger partial charge on any atom is 0.315 e. The normalized spacial score (nSPS) is 22.5. The zero-order valence-corrected chi connectivity index (χ0v) is 15.5. The molecule has 2 heterocycles. The van der Waals surface area contributed by atoms with E-state index >= 15 is 0 Å². The van der Waals surface area contributed by atoms with Crippen molar-refractivity contribution < 1.29 is 9.90 Å². The van der Waals surface area contributed by atoms with Gasteiger partial charge in [0, 0.05) is 5.56 Å². The van der Waals surface area contributed by atoms with Crippen molar-refractivity contribution in [1.82, 2.24) is 9.55 Å². The molecule has 138 valence electrons. The molecule has 0 amide bonds. The van der Waals surface area contributed by atoms with Crippen molar-refractivity contribution in [3.8, 4) is 0 Å². The van der Waals surface area contributed by atoms with Gasteiger partial charge in [-0.25, -0.2) is 4.98 Å². The highest BCUT2D eigenvalue weighted by Gasteiger charge is 2.62. The van der Waals surface area contributed by atoms with Gasteiger partial charge in [-0.15, -0.1) is 0 Å². The Labute approximate surface area is 157 Å². The van der Waals surface area contributed by atoms with Crippen LogP contribution < -0.4 is 5.56 Å². The zero-order valence-electron chi connectivity index (χ0n) is 15.5. The fraction of sp³-hybridized carbons (Fsp3) is 0.318. The van der Waals surface area contributed by atoms with Gasteiger partial charge in [-0.2, -0.15) is 0 Å². The Hall–Kier alpha value is -2.95. The van der Waals surface area contributed by atoms with E-state index in [1.165, 1.54) is 0 Å². The van der Waals surface area contributed by atoms with Gasteiger partial charge in [-0.05, 0) is 43.0 Å². The summed E-state index contributed by atoms with van der Waals surface area (Å²) in [7, 11) is 0. The van der Waals surface area contributed by atoms with Gasteiger partial charge in [0.2, 0.25) is 0 Å². The second kappa shape index (κ2) is 6.34. The molecule has 2 aromatic rings. The fourth-order valence-electron chi connectivity index (χ4n) is 3.87. The first-order valence-corrected chi connectivity index (χ1v) is 9.29. The largest absolute Gasteiger partial charge is 0.481 e. The number of carbonyl (C=O) groups is 1. The molecule has 2 atom stereocenters. The third kappa shape index (κ3) is 2.74. The van der Waals surface area contributed by atoms with Crippen LogP contribution in [0.1, 0.15) is 54.0 Å². The minimum atomic E-state index is -0.930. The predicted molar refractivity (Wildman–Crippen MR) is 105 cm³/mol. The van der Waals surface area contributed by atoms with Crippen molar-refractivity contribution in [3.63, 3.8) is 0 Å². The van der Waals surface area contributed by atoms with E-state index in [0.717, 1.165) is 17.5 Å². The number of aryl methyl sites for hydroxylation is 1. The molecule has 0 spiro atoms. The number of aliphatic carboxylic acids is 1. The molecule has 0 saturated heterocycles.